The van der Waals surface area contributed by atoms with Crippen molar-refractivity contribution < 1.29 is 17.9 Å². The summed E-state index contributed by atoms with van der Waals surface area (Å²) in [7, 11) is -3.71. The minimum absolute atomic E-state index is 0.00590. The maximum absolute atomic E-state index is 13.7. The maximum atomic E-state index is 13.7. The van der Waals surface area contributed by atoms with E-state index in [4.69, 9.17) is 4.74 Å². The van der Waals surface area contributed by atoms with E-state index in [0.29, 0.717) is 36.8 Å². The summed E-state index contributed by atoms with van der Waals surface area (Å²) in [6.07, 6.45) is 1.59. The van der Waals surface area contributed by atoms with E-state index in [1.807, 2.05) is 60.7 Å². The smallest absolute Gasteiger partial charge is 0.243 e. The molecule has 5 nitrogen and oxygen atoms in total. The summed E-state index contributed by atoms with van der Waals surface area (Å²) >= 11 is 1.20. The van der Waals surface area contributed by atoms with Crippen LogP contribution in [0.15, 0.2) is 77.7 Å². The van der Waals surface area contributed by atoms with Crippen LogP contribution >= 0.6 is 11.8 Å². The fraction of sp³-hybridized carbons (Fsp3) is 0.346. The molecule has 0 aliphatic carbocycles. The van der Waals surface area contributed by atoms with Gasteiger partial charge in [-0.1, -0.05) is 72.4 Å². The molecule has 33 heavy (non-hydrogen) atoms. The first-order valence-corrected chi connectivity index (χ1v) is 13.6. The van der Waals surface area contributed by atoms with Gasteiger partial charge in [-0.15, -0.1) is 0 Å². The molecule has 0 radical (unpaired) electrons. The van der Waals surface area contributed by atoms with E-state index in [0.717, 1.165) is 22.8 Å². The van der Waals surface area contributed by atoms with Gasteiger partial charge in [0.2, 0.25) is 10.0 Å². The number of carbonyl (C=O) groups is 1. The molecule has 0 amide bonds. The van der Waals surface area contributed by atoms with Crippen LogP contribution in [-0.4, -0.2) is 42.8 Å². The highest BCUT2D eigenvalue weighted by Gasteiger charge is 2.37. The molecule has 0 spiro atoms. The lowest BCUT2D eigenvalue weighted by Crippen LogP contribution is -2.49. The van der Waals surface area contributed by atoms with Gasteiger partial charge in [0.05, 0.1) is 18.1 Å². The van der Waals surface area contributed by atoms with Gasteiger partial charge in [-0.05, 0) is 47.2 Å². The molecule has 2 atom stereocenters. The first kappa shape index (κ1) is 24.0. The lowest BCUT2D eigenvalue weighted by Gasteiger charge is -2.38. The zero-order valence-corrected chi connectivity index (χ0v) is 20.4. The molecule has 1 heterocycles. The normalized spacial score (nSPS) is 19.5. The molecule has 1 fully saturated rings. The van der Waals surface area contributed by atoms with Crippen molar-refractivity contribution in [2.24, 2.45) is 5.92 Å². The van der Waals surface area contributed by atoms with Crippen molar-refractivity contribution in [1.29, 1.82) is 0 Å². The molecule has 174 valence electrons. The second kappa shape index (κ2) is 10.8. The monoisotopic (exact) mass is 483 g/mol. The van der Waals surface area contributed by atoms with Crippen LogP contribution in [0.2, 0.25) is 0 Å². The van der Waals surface area contributed by atoms with Crippen molar-refractivity contribution in [3.05, 3.63) is 78.4 Å². The summed E-state index contributed by atoms with van der Waals surface area (Å²) < 4.78 is 35.0. The molecular weight excluding hydrogens is 454 g/mol. The summed E-state index contributed by atoms with van der Waals surface area (Å²) in [5, 5.41) is 1.91. The first-order valence-electron chi connectivity index (χ1n) is 11.2. The Morgan fingerprint density at radius 3 is 2.48 bits per heavy atom. The largest absolute Gasteiger partial charge is 0.376 e. The summed E-state index contributed by atoms with van der Waals surface area (Å²) in [5.74, 6) is 0.585. The Kier molecular flexibility index (Phi) is 7.86. The minimum atomic E-state index is -3.71. The lowest BCUT2D eigenvalue weighted by molar-refractivity contribution is -0.109. The molecule has 1 aliphatic heterocycles. The molecule has 7 heteroatoms. The predicted molar refractivity (Wildman–Crippen MR) is 134 cm³/mol. The summed E-state index contributed by atoms with van der Waals surface area (Å²) in [5.41, 5.74) is 1.10. The van der Waals surface area contributed by atoms with Crippen molar-refractivity contribution in [2.75, 3.05) is 18.9 Å². The van der Waals surface area contributed by atoms with E-state index in [9.17, 15) is 13.2 Å². The Bertz CT molecular complexity index is 1200. The number of nitrogens with zero attached hydrogens (tertiary/aromatic N) is 1. The topological polar surface area (TPSA) is 63.7 Å². The second-order valence-corrected chi connectivity index (χ2v) is 11.6. The summed E-state index contributed by atoms with van der Waals surface area (Å²) in [6.45, 7) is 2.94. The van der Waals surface area contributed by atoms with Crippen molar-refractivity contribution in [2.45, 2.75) is 37.3 Å². The zero-order chi connectivity index (χ0) is 23.3. The quantitative estimate of drug-likeness (QED) is 0.446. The van der Waals surface area contributed by atoms with Gasteiger partial charge in [-0.25, -0.2) is 8.42 Å². The van der Waals surface area contributed by atoms with Gasteiger partial charge in [0.1, 0.15) is 0 Å². The lowest BCUT2D eigenvalue weighted by atomic mass is 9.96. The van der Waals surface area contributed by atoms with Crippen LogP contribution < -0.4 is 0 Å². The van der Waals surface area contributed by atoms with E-state index in [-0.39, 0.29) is 17.1 Å². The van der Waals surface area contributed by atoms with E-state index >= 15 is 0 Å². The van der Waals surface area contributed by atoms with E-state index in [2.05, 4.69) is 0 Å². The van der Waals surface area contributed by atoms with E-state index in [1.54, 1.807) is 16.4 Å². The zero-order valence-electron chi connectivity index (χ0n) is 18.7. The highest BCUT2D eigenvalue weighted by molar-refractivity contribution is 8.13. The van der Waals surface area contributed by atoms with Crippen molar-refractivity contribution in [3.8, 4) is 0 Å². The molecule has 0 bridgehead atoms. The van der Waals surface area contributed by atoms with Crippen LogP contribution in [0.1, 0.15) is 25.3 Å². The predicted octanol–water partition coefficient (Wildman–Crippen LogP) is 5.11. The van der Waals surface area contributed by atoms with Gasteiger partial charge in [0, 0.05) is 25.3 Å². The molecule has 4 rings (SSSR count). The number of carbonyl (C=O) groups excluding carboxylic acids is 1. The van der Waals surface area contributed by atoms with Gasteiger partial charge < -0.3 is 4.74 Å². The van der Waals surface area contributed by atoms with Crippen LogP contribution in [-0.2, 0) is 26.2 Å². The average molecular weight is 484 g/mol. The highest BCUT2D eigenvalue weighted by atomic mass is 32.2. The number of thioether (sulfide) groups is 1. The number of benzene rings is 3. The Hall–Kier alpha value is -2.19. The third-order valence-corrected chi connectivity index (χ3v) is 8.90. The summed E-state index contributed by atoms with van der Waals surface area (Å²) in [6, 6.07) is 22.8. The highest BCUT2D eigenvalue weighted by Crippen LogP contribution is 2.31. The van der Waals surface area contributed by atoms with Gasteiger partial charge in [-0.3, -0.25) is 4.79 Å². The van der Waals surface area contributed by atoms with Crippen LogP contribution in [0, 0.1) is 5.92 Å². The van der Waals surface area contributed by atoms with Crippen LogP contribution in [0.4, 0.5) is 0 Å². The molecule has 3 aromatic carbocycles. The van der Waals surface area contributed by atoms with Crippen LogP contribution in [0.5, 0.6) is 0 Å². The average Bonchev–Trinajstić information content (AvgIpc) is 2.83. The van der Waals surface area contributed by atoms with Crippen LogP contribution in [0.25, 0.3) is 10.8 Å². The van der Waals surface area contributed by atoms with Gasteiger partial charge >= 0.3 is 0 Å². The number of hydrogen-bond donors (Lipinski definition) is 0. The van der Waals surface area contributed by atoms with Crippen molar-refractivity contribution in [3.63, 3.8) is 0 Å². The van der Waals surface area contributed by atoms with E-state index < -0.39 is 10.0 Å². The second-order valence-electron chi connectivity index (χ2n) is 8.48. The Morgan fingerprint density at radius 1 is 1.00 bits per heavy atom. The van der Waals surface area contributed by atoms with Crippen molar-refractivity contribution in [1.82, 2.24) is 4.31 Å². The Labute approximate surface area is 200 Å². The van der Waals surface area contributed by atoms with Gasteiger partial charge in [0.25, 0.3) is 0 Å². The van der Waals surface area contributed by atoms with Gasteiger partial charge in [-0.2, -0.15) is 4.31 Å². The first-order chi connectivity index (χ1) is 15.9. The molecule has 0 saturated carbocycles. The Morgan fingerprint density at radius 2 is 1.73 bits per heavy atom. The standard InChI is InChI=1S/C26H29NO4S2/c1-20(28)32-19-25-13-11-22(18-31-17-21-7-3-2-4-8-21)16-27(25)33(29,30)26-14-12-23-9-5-6-10-24(23)15-26/h2-10,12,14-15,22,25H,11,13,16-19H2,1H3. The molecule has 0 N–H and O–H groups in total. The number of sulfonamides is 1. The number of fused-ring (bicyclic) bond motifs is 1. The number of piperidine rings is 1. The molecular formula is C26H29NO4S2. The molecule has 2 unspecified atom stereocenters. The maximum Gasteiger partial charge on any atom is 0.243 e. The third-order valence-electron chi connectivity index (χ3n) is 6.03. The SMILES string of the molecule is CC(=O)SCC1CCC(COCc2ccccc2)CN1S(=O)(=O)c1ccc2ccccc2c1. The number of ether oxygens (including phenoxy) is 1. The molecule has 3 aromatic rings. The van der Waals surface area contributed by atoms with Gasteiger partial charge in [0.15, 0.2) is 5.12 Å². The van der Waals surface area contributed by atoms with E-state index in [1.165, 1.54) is 18.7 Å². The fourth-order valence-corrected chi connectivity index (χ4v) is 6.89. The summed E-state index contributed by atoms with van der Waals surface area (Å²) in [4.78, 5) is 11.9. The molecule has 1 aliphatic rings. The number of rotatable bonds is 8. The Balaban J connectivity index is 1.52. The minimum Gasteiger partial charge on any atom is -0.376 e. The van der Waals surface area contributed by atoms with Crippen molar-refractivity contribution >= 4 is 37.7 Å². The fourth-order valence-electron chi connectivity index (χ4n) is 4.26. The number of hydrogen-bond acceptors (Lipinski definition) is 5. The van der Waals surface area contributed by atoms with Crippen LogP contribution in [0.3, 0.4) is 0 Å². The third kappa shape index (κ3) is 6.03. The molecule has 1 saturated heterocycles. The molecule has 0 aromatic heterocycles.